The molecule has 0 saturated heterocycles. The molecule has 28 heavy (non-hydrogen) atoms. The molecule has 3 atom stereocenters. The van der Waals surface area contributed by atoms with Crippen LogP contribution in [-0.2, 0) is 5.41 Å². The van der Waals surface area contributed by atoms with Gasteiger partial charge in [0.2, 0.25) is 5.89 Å². The van der Waals surface area contributed by atoms with Gasteiger partial charge in [-0.2, -0.15) is 0 Å². The van der Waals surface area contributed by atoms with Crippen LogP contribution in [0, 0.1) is 16.7 Å². The lowest BCUT2D eigenvalue weighted by atomic mass is 9.50. The highest BCUT2D eigenvalue weighted by atomic mass is 19.1. The Labute approximate surface area is 167 Å². The molecule has 5 heteroatoms. The fraction of sp³-hybridized carbons (Fsp3) is 0.696. The summed E-state index contributed by atoms with van der Waals surface area (Å²) >= 11 is 0. The largest absolute Gasteiger partial charge is 0.440 e. The molecule has 1 heterocycles. The molecule has 0 bridgehead atoms. The van der Waals surface area contributed by atoms with Crippen LogP contribution in [-0.4, -0.2) is 23.9 Å². The van der Waals surface area contributed by atoms with Crippen molar-refractivity contribution in [2.75, 3.05) is 6.67 Å². The van der Waals surface area contributed by atoms with Crippen LogP contribution >= 0.6 is 0 Å². The van der Waals surface area contributed by atoms with E-state index in [2.05, 4.69) is 32.9 Å². The topological polar surface area (TPSA) is 52.0 Å². The van der Waals surface area contributed by atoms with Gasteiger partial charge in [0, 0.05) is 16.9 Å². The summed E-state index contributed by atoms with van der Waals surface area (Å²) in [4.78, 5) is 4.74. The molecule has 156 valence electrons. The van der Waals surface area contributed by atoms with Gasteiger partial charge in [-0.25, -0.2) is 9.37 Å². The van der Waals surface area contributed by atoms with Gasteiger partial charge in [-0.15, -0.1) is 0 Å². The number of alkyl halides is 2. The van der Waals surface area contributed by atoms with E-state index in [0.29, 0.717) is 43.3 Å². The van der Waals surface area contributed by atoms with Crippen molar-refractivity contribution < 1.29 is 13.2 Å². The van der Waals surface area contributed by atoms with E-state index < -0.39 is 23.7 Å². The maximum absolute atomic E-state index is 14.0. The normalized spacial score (nSPS) is 34.0. The van der Waals surface area contributed by atoms with Gasteiger partial charge < -0.3 is 10.2 Å². The van der Waals surface area contributed by atoms with Crippen LogP contribution in [0.2, 0.25) is 0 Å². The highest BCUT2D eigenvalue weighted by Crippen LogP contribution is 2.60. The van der Waals surface area contributed by atoms with Gasteiger partial charge in [0.05, 0.1) is 18.3 Å². The lowest BCUT2D eigenvalue weighted by Gasteiger charge is -2.54. The summed E-state index contributed by atoms with van der Waals surface area (Å²) in [6.45, 7) is 9.54. The molecular formula is C23H34F2N2O. The van der Waals surface area contributed by atoms with Gasteiger partial charge in [0.25, 0.3) is 0 Å². The minimum atomic E-state index is -1.00. The predicted octanol–water partition coefficient (Wildman–Crippen LogP) is 5.85. The lowest BCUT2D eigenvalue weighted by Crippen LogP contribution is -2.54. The number of hydrogen-bond acceptors (Lipinski definition) is 3. The number of hydrogen-bond donors (Lipinski definition) is 1. The summed E-state index contributed by atoms with van der Waals surface area (Å²) in [7, 11) is 0. The summed E-state index contributed by atoms with van der Waals surface area (Å²) in [6.07, 6.45) is 9.21. The predicted molar refractivity (Wildman–Crippen MR) is 110 cm³/mol. The zero-order valence-electron chi connectivity index (χ0n) is 17.8. The fourth-order valence-electron chi connectivity index (χ4n) is 5.05. The van der Waals surface area contributed by atoms with Crippen LogP contribution in [0.15, 0.2) is 16.6 Å². The minimum Gasteiger partial charge on any atom is -0.440 e. The smallest absolute Gasteiger partial charge is 0.201 e. The summed E-state index contributed by atoms with van der Waals surface area (Å²) < 4.78 is 34.1. The van der Waals surface area contributed by atoms with Crippen molar-refractivity contribution in [1.82, 2.24) is 4.98 Å². The Kier molecular flexibility index (Phi) is 5.61. The lowest BCUT2D eigenvalue weighted by molar-refractivity contribution is -0.0416. The van der Waals surface area contributed by atoms with E-state index in [9.17, 15) is 8.78 Å². The second-order valence-electron chi connectivity index (χ2n) is 9.89. The minimum absolute atomic E-state index is 0.0639. The molecule has 1 aromatic heterocycles. The zero-order valence-corrected chi connectivity index (χ0v) is 17.8. The molecule has 3 rings (SSSR count). The van der Waals surface area contributed by atoms with Crippen LogP contribution in [0.3, 0.4) is 0 Å². The number of nitrogens with zero attached hydrogens (tertiary/aromatic N) is 1. The van der Waals surface area contributed by atoms with E-state index in [4.69, 9.17) is 15.1 Å². The first kappa shape index (κ1) is 21.2. The van der Waals surface area contributed by atoms with Crippen LogP contribution in [0.25, 0.3) is 12.2 Å². The third kappa shape index (κ3) is 3.83. The number of oxazole rings is 1. The van der Waals surface area contributed by atoms with Crippen molar-refractivity contribution in [1.29, 1.82) is 0 Å². The molecule has 0 radical (unpaired) electrons. The number of nitrogens with two attached hydrogens (primary N) is 1. The maximum atomic E-state index is 14.0. The summed E-state index contributed by atoms with van der Waals surface area (Å²) in [5.41, 5.74) is 5.61. The Bertz CT molecular complexity index is 723. The first-order valence-electron chi connectivity index (χ1n) is 10.4. The Hall–Kier alpha value is -1.49. The molecule has 2 aliphatic rings. The van der Waals surface area contributed by atoms with Crippen molar-refractivity contribution in [2.45, 2.75) is 77.9 Å². The molecule has 0 amide bonds. The standard InChI is InChI=1S/C23H34F2N2O/c1-15(2)21(5)8-6-18-19(7-9-21)28-20(27-18)23(10-16(3)25)12-22(13-23,14-24)11-17(4)26/h6-9,15-17H,10-14,26H2,1-5H3. The highest BCUT2D eigenvalue weighted by Gasteiger charge is 2.58. The Morgan fingerprint density at radius 2 is 1.79 bits per heavy atom. The average molecular weight is 393 g/mol. The van der Waals surface area contributed by atoms with Crippen LogP contribution < -0.4 is 5.73 Å². The zero-order chi connectivity index (χ0) is 20.7. The van der Waals surface area contributed by atoms with Crippen LogP contribution in [0.1, 0.15) is 77.6 Å². The van der Waals surface area contributed by atoms with Crippen molar-refractivity contribution in [2.24, 2.45) is 22.5 Å². The molecular weight excluding hydrogens is 358 g/mol. The van der Waals surface area contributed by atoms with Gasteiger partial charge in [0.15, 0.2) is 5.76 Å². The van der Waals surface area contributed by atoms with Crippen molar-refractivity contribution in [3.8, 4) is 0 Å². The van der Waals surface area contributed by atoms with E-state index >= 15 is 0 Å². The molecule has 3 unspecified atom stereocenters. The summed E-state index contributed by atoms with van der Waals surface area (Å²) in [6, 6.07) is -0.0857. The molecule has 1 aromatic rings. The Balaban J connectivity index is 1.91. The van der Waals surface area contributed by atoms with E-state index in [1.807, 2.05) is 19.1 Å². The van der Waals surface area contributed by atoms with Gasteiger partial charge in [-0.3, -0.25) is 4.39 Å². The van der Waals surface area contributed by atoms with E-state index in [1.54, 1.807) is 6.92 Å². The van der Waals surface area contributed by atoms with Crippen molar-refractivity contribution in [3.05, 3.63) is 29.5 Å². The number of fused-ring (bicyclic) bond motifs is 1. The van der Waals surface area contributed by atoms with E-state index in [0.717, 1.165) is 5.69 Å². The van der Waals surface area contributed by atoms with Gasteiger partial charge >= 0.3 is 0 Å². The van der Waals surface area contributed by atoms with Gasteiger partial charge in [0.1, 0.15) is 5.69 Å². The SMILES string of the molecule is CC(N)CC1(CF)CC(CC(C)F)(c2nc3c(o2)C=CC(C)(C(C)C)C=C3)C1. The Morgan fingerprint density at radius 3 is 2.32 bits per heavy atom. The number of aromatic nitrogens is 1. The third-order valence-electron chi connectivity index (χ3n) is 6.71. The molecule has 1 fully saturated rings. The Morgan fingerprint density at radius 1 is 1.14 bits per heavy atom. The van der Waals surface area contributed by atoms with E-state index in [-0.39, 0.29) is 11.5 Å². The van der Waals surface area contributed by atoms with Crippen molar-refractivity contribution in [3.63, 3.8) is 0 Å². The third-order valence-corrected chi connectivity index (χ3v) is 6.71. The summed E-state index contributed by atoms with van der Waals surface area (Å²) in [5.74, 6) is 1.68. The van der Waals surface area contributed by atoms with Gasteiger partial charge in [-0.1, -0.05) is 32.9 Å². The first-order chi connectivity index (χ1) is 13.0. The second-order valence-corrected chi connectivity index (χ2v) is 9.89. The highest BCUT2D eigenvalue weighted by molar-refractivity contribution is 5.63. The number of rotatable bonds is 7. The maximum Gasteiger partial charge on any atom is 0.201 e. The molecule has 1 saturated carbocycles. The molecule has 2 aliphatic carbocycles. The van der Waals surface area contributed by atoms with Crippen LogP contribution in [0.4, 0.5) is 8.78 Å². The van der Waals surface area contributed by atoms with Gasteiger partial charge in [-0.05, 0) is 57.6 Å². The first-order valence-corrected chi connectivity index (χ1v) is 10.4. The summed E-state index contributed by atoms with van der Waals surface area (Å²) in [5, 5.41) is 0. The molecule has 0 aromatic carbocycles. The fourth-order valence-corrected chi connectivity index (χ4v) is 5.05. The molecule has 2 N–H and O–H groups in total. The average Bonchev–Trinajstić information content (AvgIpc) is 2.91. The monoisotopic (exact) mass is 392 g/mol. The number of halogens is 2. The quantitative estimate of drug-likeness (QED) is 0.633. The molecule has 0 aliphatic heterocycles. The number of allylic oxidation sites excluding steroid dienone is 2. The molecule has 3 nitrogen and oxygen atoms in total. The molecule has 0 spiro atoms. The van der Waals surface area contributed by atoms with E-state index in [1.165, 1.54) is 0 Å². The van der Waals surface area contributed by atoms with Crippen molar-refractivity contribution >= 4 is 12.2 Å². The second kappa shape index (κ2) is 7.40. The van der Waals surface area contributed by atoms with Crippen LogP contribution in [0.5, 0.6) is 0 Å².